The van der Waals surface area contributed by atoms with E-state index < -0.39 is 0 Å². The van der Waals surface area contributed by atoms with E-state index in [0.717, 1.165) is 43.4 Å². The van der Waals surface area contributed by atoms with Gasteiger partial charge < -0.3 is 20.3 Å². The van der Waals surface area contributed by atoms with Crippen LogP contribution < -0.4 is 15.5 Å². The predicted molar refractivity (Wildman–Crippen MR) is 128 cm³/mol. The monoisotopic (exact) mass is 465 g/mol. The molecule has 2 aliphatic heterocycles. The number of hydrogen-bond acceptors (Lipinski definition) is 8. The van der Waals surface area contributed by atoms with Gasteiger partial charge in [0.15, 0.2) is 10.3 Å². The zero-order valence-corrected chi connectivity index (χ0v) is 19.0. The minimum absolute atomic E-state index is 0.200. The van der Waals surface area contributed by atoms with Gasteiger partial charge in [0.1, 0.15) is 10.8 Å². The minimum Gasteiger partial charge on any atom is -0.376 e. The number of rotatable bonds is 6. The van der Waals surface area contributed by atoms with Crippen molar-refractivity contribution in [1.29, 1.82) is 0 Å². The first kappa shape index (κ1) is 21.0. The topological polar surface area (TPSA) is 88.1 Å². The predicted octanol–water partition coefficient (Wildman–Crippen LogP) is 3.40. The third kappa shape index (κ3) is 5.14. The summed E-state index contributed by atoms with van der Waals surface area (Å²) in [7, 11) is 0. The fourth-order valence-electron chi connectivity index (χ4n) is 3.77. The molecule has 1 aromatic carbocycles. The van der Waals surface area contributed by atoms with Crippen LogP contribution in [-0.4, -0.2) is 44.3 Å². The van der Waals surface area contributed by atoms with Crippen LogP contribution in [0.5, 0.6) is 0 Å². The van der Waals surface area contributed by atoms with E-state index in [0.29, 0.717) is 22.8 Å². The van der Waals surface area contributed by atoms with Crippen LogP contribution in [0.4, 0.5) is 11.8 Å². The molecule has 32 heavy (non-hydrogen) atoms. The lowest BCUT2D eigenvalue weighted by Gasteiger charge is -2.19. The molecule has 1 saturated heterocycles. The van der Waals surface area contributed by atoms with Crippen LogP contribution >= 0.6 is 24.0 Å². The van der Waals surface area contributed by atoms with Gasteiger partial charge in [0, 0.05) is 44.7 Å². The maximum atomic E-state index is 5.65. The number of fused-ring (bicyclic) bond motifs is 1. The average molecular weight is 466 g/mol. The van der Waals surface area contributed by atoms with Gasteiger partial charge in [-0.15, -0.1) is 0 Å². The Balaban J connectivity index is 1.35. The molecule has 0 amide bonds. The quantitative estimate of drug-likeness (QED) is 0.321. The van der Waals surface area contributed by atoms with E-state index in [1.807, 2.05) is 6.07 Å². The van der Waals surface area contributed by atoms with Gasteiger partial charge in [0.25, 0.3) is 0 Å². The van der Waals surface area contributed by atoms with E-state index in [1.165, 1.54) is 22.9 Å². The lowest BCUT2D eigenvalue weighted by Crippen LogP contribution is -2.35. The molecular formula is C22H23N7OS2. The molecule has 164 valence electrons. The van der Waals surface area contributed by atoms with E-state index in [1.54, 1.807) is 18.5 Å². The van der Waals surface area contributed by atoms with Crippen molar-refractivity contribution >= 4 is 40.9 Å². The van der Waals surface area contributed by atoms with Gasteiger partial charge >= 0.3 is 0 Å². The molecule has 2 N–H and O–H groups in total. The Morgan fingerprint density at radius 1 is 1.12 bits per heavy atom. The number of ether oxygens (including phenoxy) is 1. The van der Waals surface area contributed by atoms with Gasteiger partial charge in [0.2, 0.25) is 5.95 Å². The van der Waals surface area contributed by atoms with Crippen molar-refractivity contribution in [2.75, 3.05) is 23.4 Å². The van der Waals surface area contributed by atoms with Gasteiger partial charge in [-0.05, 0) is 54.0 Å². The van der Waals surface area contributed by atoms with Crippen molar-refractivity contribution in [3.05, 3.63) is 59.9 Å². The van der Waals surface area contributed by atoms with E-state index in [2.05, 4.69) is 54.8 Å². The Kier molecular flexibility index (Phi) is 6.42. The fraction of sp³-hybridized carbons (Fsp3) is 0.318. The standard InChI is InChI=1S/C22H23N7OS2/c31-21(25-12-17-7-3-10-30-17)28-20-26-18(29-13-15-5-1-2-6-16(15)14-29)11-19(27-20)32-22-23-8-4-9-24-22/h1-2,4-6,8-9,11,17H,3,7,10,12-14H2,(H2,25,26,27,28,31)/t17-/m1/s1. The molecular weight excluding hydrogens is 442 g/mol. The molecule has 3 aromatic rings. The molecule has 1 atom stereocenters. The van der Waals surface area contributed by atoms with Crippen molar-refractivity contribution in [2.24, 2.45) is 0 Å². The third-order valence-electron chi connectivity index (χ3n) is 5.33. The Hall–Kier alpha value is -2.82. The number of benzene rings is 1. The van der Waals surface area contributed by atoms with Crippen molar-refractivity contribution < 1.29 is 4.74 Å². The van der Waals surface area contributed by atoms with Crippen LogP contribution in [0.15, 0.2) is 59.0 Å². The van der Waals surface area contributed by atoms with Crippen molar-refractivity contribution in [1.82, 2.24) is 25.3 Å². The number of aromatic nitrogens is 4. The molecule has 1 fully saturated rings. The molecule has 5 rings (SSSR count). The zero-order valence-electron chi connectivity index (χ0n) is 17.4. The normalized spacial score (nSPS) is 17.2. The first-order chi connectivity index (χ1) is 15.7. The molecule has 8 nitrogen and oxygen atoms in total. The summed E-state index contributed by atoms with van der Waals surface area (Å²) in [4.78, 5) is 20.2. The summed E-state index contributed by atoms with van der Waals surface area (Å²) in [5.74, 6) is 1.28. The summed E-state index contributed by atoms with van der Waals surface area (Å²) in [5, 5.41) is 8.22. The van der Waals surface area contributed by atoms with Crippen molar-refractivity contribution in [2.45, 2.75) is 42.2 Å². The Labute approximate surface area is 196 Å². The Morgan fingerprint density at radius 3 is 2.62 bits per heavy atom. The van der Waals surface area contributed by atoms with Gasteiger partial charge in [-0.25, -0.2) is 15.0 Å². The molecule has 0 saturated carbocycles. The van der Waals surface area contributed by atoms with Gasteiger partial charge in [0.05, 0.1) is 6.10 Å². The minimum atomic E-state index is 0.200. The SMILES string of the molecule is S=C(NC[C@H]1CCCO1)Nc1nc(Sc2ncccn2)cc(N2Cc3ccccc3C2)n1. The second-order valence-electron chi connectivity index (χ2n) is 7.62. The van der Waals surface area contributed by atoms with E-state index >= 15 is 0 Å². The van der Waals surface area contributed by atoms with Gasteiger partial charge in [-0.2, -0.15) is 4.98 Å². The second-order valence-corrected chi connectivity index (χ2v) is 9.01. The van der Waals surface area contributed by atoms with Gasteiger partial charge in [-0.1, -0.05) is 24.3 Å². The summed E-state index contributed by atoms with van der Waals surface area (Å²) in [5.41, 5.74) is 2.63. The summed E-state index contributed by atoms with van der Waals surface area (Å²) in [6.07, 6.45) is 5.79. The highest BCUT2D eigenvalue weighted by atomic mass is 32.2. The highest BCUT2D eigenvalue weighted by Crippen LogP contribution is 2.31. The number of nitrogens with one attached hydrogen (secondary N) is 2. The van der Waals surface area contributed by atoms with E-state index in [4.69, 9.17) is 21.9 Å². The Morgan fingerprint density at radius 2 is 1.91 bits per heavy atom. The van der Waals surface area contributed by atoms with Crippen molar-refractivity contribution in [3.63, 3.8) is 0 Å². The molecule has 0 radical (unpaired) electrons. The number of anilines is 2. The smallest absolute Gasteiger partial charge is 0.232 e. The summed E-state index contributed by atoms with van der Waals surface area (Å²) in [6.45, 7) is 3.10. The zero-order chi connectivity index (χ0) is 21.8. The highest BCUT2D eigenvalue weighted by molar-refractivity contribution is 7.99. The Bertz CT molecular complexity index is 1070. The molecule has 10 heteroatoms. The van der Waals surface area contributed by atoms with Crippen LogP contribution in [0.25, 0.3) is 0 Å². The fourth-order valence-corrected chi connectivity index (χ4v) is 4.65. The summed E-state index contributed by atoms with van der Waals surface area (Å²) >= 11 is 6.87. The third-order valence-corrected chi connectivity index (χ3v) is 6.39. The highest BCUT2D eigenvalue weighted by Gasteiger charge is 2.22. The molecule has 2 aromatic heterocycles. The lowest BCUT2D eigenvalue weighted by atomic mass is 10.1. The molecule has 4 heterocycles. The van der Waals surface area contributed by atoms with E-state index in [-0.39, 0.29) is 6.10 Å². The van der Waals surface area contributed by atoms with Crippen LogP contribution in [0.3, 0.4) is 0 Å². The maximum absolute atomic E-state index is 5.65. The number of nitrogens with zero attached hydrogens (tertiary/aromatic N) is 5. The van der Waals surface area contributed by atoms with Gasteiger partial charge in [-0.3, -0.25) is 0 Å². The first-order valence-corrected chi connectivity index (χ1v) is 11.8. The average Bonchev–Trinajstić information content (AvgIpc) is 3.48. The molecule has 0 spiro atoms. The maximum Gasteiger partial charge on any atom is 0.232 e. The molecule has 2 aliphatic rings. The number of thiocarbonyl (C=S) groups is 1. The van der Waals surface area contributed by atoms with E-state index in [9.17, 15) is 0 Å². The lowest BCUT2D eigenvalue weighted by molar-refractivity contribution is 0.114. The molecule has 0 bridgehead atoms. The molecule has 0 aliphatic carbocycles. The first-order valence-electron chi connectivity index (χ1n) is 10.5. The van der Waals surface area contributed by atoms with Crippen molar-refractivity contribution in [3.8, 4) is 0 Å². The number of hydrogen-bond donors (Lipinski definition) is 2. The summed E-state index contributed by atoms with van der Waals surface area (Å²) in [6, 6.07) is 12.2. The van der Waals surface area contributed by atoms with Crippen LogP contribution in [0, 0.1) is 0 Å². The largest absolute Gasteiger partial charge is 0.376 e. The van der Waals surface area contributed by atoms with Crippen LogP contribution in [0.1, 0.15) is 24.0 Å². The van der Waals surface area contributed by atoms with Crippen LogP contribution in [-0.2, 0) is 17.8 Å². The summed E-state index contributed by atoms with van der Waals surface area (Å²) < 4.78 is 5.65. The molecule has 0 unspecified atom stereocenters. The van der Waals surface area contributed by atoms with Crippen LogP contribution in [0.2, 0.25) is 0 Å². The second kappa shape index (κ2) is 9.76.